The number of ether oxygens (including phenoxy) is 1. The number of nitrogens with zero attached hydrogens (tertiary/aromatic N) is 2. The Morgan fingerprint density at radius 2 is 1.57 bits per heavy atom. The van der Waals surface area contributed by atoms with Gasteiger partial charge in [-0.1, -0.05) is 17.7 Å². The summed E-state index contributed by atoms with van der Waals surface area (Å²) < 4.78 is 32.1. The monoisotopic (exact) mass is 561 g/mol. The molecular formula is C25H24ClN3O6S2. The second-order valence-corrected chi connectivity index (χ2v) is 11.6. The standard InChI is InChI=1S/C25H24ClN3O6S2/c1-35-19-8-4-17(5-9-19)24(31)28-12-14-29(15-13-28)25(32)23(27-22(30)21-3-2-16-36-21)37(33,34)20-10-6-18(26)7-11-20/h2-11,16,23H,12-15H2,1H3,(H,27,30)/t23-/m0/s1. The summed E-state index contributed by atoms with van der Waals surface area (Å²) in [4.78, 5) is 42.2. The van der Waals surface area contributed by atoms with Gasteiger partial charge >= 0.3 is 0 Å². The molecule has 0 radical (unpaired) electrons. The summed E-state index contributed by atoms with van der Waals surface area (Å²) in [6.07, 6.45) is 0. The van der Waals surface area contributed by atoms with Crippen LogP contribution in [-0.2, 0) is 14.6 Å². The van der Waals surface area contributed by atoms with E-state index in [0.717, 1.165) is 11.3 Å². The first-order chi connectivity index (χ1) is 17.7. The molecule has 37 heavy (non-hydrogen) atoms. The fourth-order valence-electron chi connectivity index (χ4n) is 3.84. The lowest BCUT2D eigenvalue weighted by molar-refractivity contribution is -0.132. The third-order valence-corrected chi connectivity index (χ3v) is 8.89. The highest BCUT2D eigenvalue weighted by Gasteiger charge is 2.39. The van der Waals surface area contributed by atoms with Gasteiger partial charge in [-0.05, 0) is 60.0 Å². The average molecular weight is 562 g/mol. The van der Waals surface area contributed by atoms with E-state index < -0.39 is 27.0 Å². The van der Waals surface area contributed by atoms with Crippen molar-refractivity contribution in [3.8, 4) is 5.75 Å². The van der Waals surface area contributed by atoms with Crippen molar-refractivity contribution in [3.63, 3.8) is 0 Å². The van der Waals surface area contributed by atoms with E-state index >= 15 is 0 Å². The maximum Gasteiger partial charge on any atom is 0.262 e. The minimum Gasteiger partial charge on any atom is -0.497 e. The van der Waals surface area contributed by atoms with E-state index in [0.29, 0.717) is 16.3 Å². The third-order valence-electron chi connectivity index (χ3n) is 5.90. The molecule has 2 aromatic carbocycles. The lowest BCUT2D eigenvalue weighted by Crippen LogP contribution is -2.57. The lowest BCUT2D eigenvalue weighted by Gasteiger charge is -2.36. The summed E-state index contributed by atoms with van der Waals surface area (Å²) in [5, 5.41) is 2.58. The maximum absolute atomic E-state index is 13.5. The number of halogens is 1. The van der Waals surface area contributed by atoms with Crippen LogP contribution in [0.5, 0.6) is 5.75 Å². The Labute approximate surface area is 223 Å². The van der Waals surface area contributed by atoms with E-state index in [2.05, 4.69) is 5.32 Å². The number of hydrogen-bond acceptors (Lipinski definition) is 7. The van der Waals surface area contributed by atoms with Crippen molar-refractivity contribution in [2.75, 3.05) is 33.3 Å². The first kappa shape index (κ1) is 26.6. The predicted octanol–water partition coefficient (Wildman–Crippen LogP) is 2.92. The molecule has 1 saturated heterocycles. The van der Waals surface area contributed by atoms with E-state index in [9.17, 15) is 22.8 Å². The van der Waals surface area contributed by atoms with Gasteiger partial charge in [-0.25, -0.2) is 8.42 Å². The topological polar surface area (TPSA) is 113 Å². The van der Waals surface area contributed by atoms with Gasteiger partial charge < -0.3 is 19.9 Å². The summed E-state index contributed by atoms with van der Waals surface area (Å²) in [5.41, 5.74) is 0.479. The van der Waals surface area contributed by atoms with Gasteiger partial charge in [0.2, 0.25) is 15.2 Å². The van der Waals surface area contributed by atoms with Crippen molar-refractivity contribution < 1.29 is 27.5 Å². The van der Waals surface area contributed by atoms with Gasteiger partial charge in [0, 0.05) is 36.8 Å². The number of amides is 3. The zero-order chi connectivity index (χ0) is 26.6. The Bertz CT molecular complexity index is 1370. The molecule has 194 valence electrons. The Hall–Kier alpha value is -3.41. The number of piperazine rings is 1. The molecule has 1 aromatic heterocycles. The Morgan fingerprint density at radius 3 is 2.14 bits per heavy atom. The van der Waals surface area contributed by atoms with E-state index in [1.165, 1.54) is 36.3 Å². The van der Waals surface area contributed by atoms with Crippen LogP contribution in [0.2, 0.25) is 5.02 Å². The third kappa shape index (κ3) is 5.95. The minimum atomic E-state index is -4.30. The van der Waals surface area contributed by atoms with Gasteiger partial charge in [0.25, 0.3) is 17.7 Å². The van der Waals surface area contributed by atoms with E-state index in [4.69, 9.17) is 16.3 Å². The first-order valence-electron chi connectivity index (χ1n) is 11.3. The molecular weight excluding hydrogens is 538 g/mol. The number of carbonyl (C=O) groups excluding carboxylic acids is 3. The van der Waals surface area contributed by atoms with Gasteiger partial charge in [0.1, 0.15) is 5.75 Å². The highest BCUT2D eigenvalue weighted by Crippen LogP contribution is 2.21. The second-order valence-electron chi connectivity index (χ2n) is 8.18. The molecule has 9 nitrogen and oxygen atoms in total. The second kappa shape index (κ2) is 11.3. The molecule has 1 aliphatic heterocycles. The van der Waals surface area contributed by atoms with Gasteiger partial charge in [0.15, 0.2) is 0 Å². The molecule has 1 atom stereocenters. The molecule has 4 rings (SSSR count). The van der Waals surface area contributed by atoms with Crippen molar-refractivity contribution in [2.45, 2.75) is 10.3 Å². The number of thiophene rings is 1. The molecule has 0 unspecified atom stereocenters. The van der Waals surface area contributed by atoms with E-state index in [-0.39, 0.29) is 41.9 Å². The summed E-state index contributed by atoms with van der Waals surface area (Å²) in [5.74, 6) is -1.01. The molecule has 0 bridgehead atoms. The summed E-state index contributed by atoms with van der Waals surface area (Å²) in [6, 6.07) is 15.3. The first-order valence-corrected chi connectivity index (χ1v) is 14.1. The number of carbonyl (C=O) groups is 3. The normalized spacial score (nSPS) is 14.6. The number of nitrogens with one attached hydrogen (secondary N) is 1. The van der Waals surface area contributed by atoms with Crippen molar-refractivity contribution in [3.05, 3.63) is 81.5 Å². The van der Waals surface area contributed by atoms with E-state index in [1.807, 2.05) is 0 Å². The molecule has 2 heterocycles. The van der Waals surface area contributed by atoms with Gasteiger partial charge in [-0.15, -0.1) is 11.3 Å². The van der Waals surface area contributed by atoms with Gasteiger partial charge in [-0.3, -0.25) is 14.4 Å². The highest BCUT2D eigenvalue weighted by atomic mass is 35.5. The van der Waals surface area contributed by atoms with Crippen LogP contribution in [-0.4, -0.2) is 74.6 Å². The van der Waals surface area contributed by atoms with Gasteiger partial charge in [0.05, 0.1) is 16.9 Å². The fraction of sp³-hybridized carbons (Fsp3) is 0.240. The van der Waals surface area contributed by atoms with Crippen molar-refractivity contribution in [1.82, 2.24) is 15.1 Å². The Morgan fingerprint density at radius 1 is 0.946 bits per heavy atom. The highest BCUT2D eigenvalue weighted by molar-refractivity contribution is 7.92. The van der Waals surface area contributed by atoms with Crippen LogP contribution in [0, 0.1) is 0 Å². The van der Waals surface area contributed by atoms with Crippen LogP contribution in [0.25, 0.3) is 0 Å². The molecule has 1 aliphatic rings. The lowest BCUT2D eigenvalue weighted by atomic mass is 10.1. The zero-order valence-corrected chi connectivity index (χ0v) is 22.2. The smallest absolute Gasteiger partial charge is 0.262 e. The van der Waals surface area contributed by atoms with Crippen LogP contribution >= 0.6 is 22.9 Å². The largest absolute Gasteiger partial charge is 0.497 e. The number of hydrogen-bond donors (Lipinski definition) is 1. The molecule has 3 amide bonds. The quantitative estimate of drug-likeness (QED) is 0.474. The van der Waals surface area contributed by atoms with Crippen LogP contribution in [0.3, 0.4) is 0 Å². The Kier molecular flexibility index (Phi) is 8.16. The predicted molar refractivity (Wildman–Crippen MR) is 140 cm³/mol. The van der Waals surface area contributed by atoms with Crippen molar-refractivity contribution in [1.29, 1.82) is 0 Å². The number of sulfone groups is 1. The Balaban J connectivity index is 1.51. The maximum atomic E-state index is 13.5. The van der Waals surface area contributed by atoms with Crippen LogP contribution in [0.1, 0.15) is 20.0 Å². The van der Waals surface area contributed by atoms with Gasteiger partial charge in [-0.2, -0.15) is 0 Å². The molecule has 0 aliphatic carbocycles. The molecule has 0 spiro atoms. The summed E-state index contributed by atoms with van der Waals surface area (Å²) in [7, 11) is -2.76. The zero-order valence-electron chi connectivity index (χ0n) is 19.8. The van der Waals surface area contributed by atoms with Crippen LogP contribution in [0.15, 0.2) is 70.9 Å². The van der Waals surface area contributed by atoms with Crippen molar-refractivity contribution >= 4 is 50.5 Å². The molecule has 0 saturated carbocycles. The molecule has 1 fully saturated rings. The minimum absolute atomic E-state index is 0.113. The number of benzene rings is 2. The fourth-order valence-corrected chi connectivity index (χ4v) is 6.06. The van der Waals surface area contributed by atoms with Crippen molar-refractivity contribution in [2.24, 2.45) is 0 Å². The number of rotatable bonds is 7. The average Bonchev–Trinajstić information content (AvgIpc) is 3.46. The summed E-state index contributed by atoms with van der Waals surface area (Å²) in [6.45, 7) is 0.650. The summed E-state index contributed by atoms with van der Waals surface area (Å²) >= 11 is 7.03. The number of methoxy groups -OCH3 is 1. The molecule has 12 heteroatoms. The van der Waals surface area contributed by atoms with E-state index in [1.54, 1.807) is 46.7 Å². The molecule has 3 aromatic rings. The van der Waals surface area contributed by atoms with Crippen LogP contribution in [0.4, 0.5) is 0 Å². The SMILES string of the molecule is COc1ccc(C(=O)N2CCN(C(=O)[C@@H](NC(=O)c3cccs3)S(=O)(=O)c3ccc(Cl)cc3)CC2)cc1. The van der Waals surface area contributed by atoms with Crippen LogP contribution < -0.4 is 10.1 Å². The molecule has 1 N–H and O–H groups in total.